The second-order valence-electron chi connectivity index (χ2n) is 10.1. The lowest BCUT2D eigenvalue weighted by atomic mass is 9.85. The Balaban J connectivity index is 1.34. The van der Waals surface area contributed by atoms with Gasteiger partial charge in [-0.1, -0.05) is 11.6 Å². The third kappa shape index (κ3) is 5.85. The molecule has 1 saturated carbocycles. The molecule has 2 N–H and O–H groups in total. The van der Waals surface area contributed by atoms with Gasteiger partial charge in [0.1, 0.15) is 17.1 Å². The highest BCUT2D eigenvalue weighted by Crippen LogP contribution is 2.30. The summed E-state index contributed by atoms with van der Waals surface area (Å²) in [6.45, 7) is 0.438. The maximum Gasteiger partial charge on any atom is 0.333 e. The predicted octanol–water partition coefficient (Wildman–Crippen LogP) is 4.53. The number of hydrogen-bond acceptors (Lipinski definition) is 6. The number of benzene rings is 1. The maximum absolute atomic E-state index is 13.8. The molecule has 1 aliphatic carbocycles. The molecule has 1 fully saturated rings. The van der Waals surface area contributed by atoms with Gasteiger partial charge in [0.25, 0.3) is 18.2 Å². The number of methoxy groups -OCH3 is 1. The molecule has 3 heterocycles. The van der Waals surface area contributed by atoms with Crippen LogP contribution in [-0.2, 0) is 6.54 Å². The van der Waals surface area contributed by atoms with Crippen LogP contribution in [0, 0.1) is 5.92 Å². The number of carbonyl (C=O) groups is 2. The van der Waals surface area contributed by atoms with Crippen LogP contribution in [0.25, 0.3) is 16.7 Å². The standard InChI is InChI=1S/C29H29ClF2N6O4/c1-33-28(40)22-9-7-19(14-34-22)38-23-10-8-20(42-2)12-24(23)37(29(38)41)15-16-3-5-18(6-4-16)36-27(39)21-11-17(30)13-35-25(21)26(31)32/h7-14,16,18,26H,3-6,15H2,1-2H3,(H,33,40)(H,36,39). The number of ether oxygens (including phenoxy) is 1. The number of aromatic nitrogens is 4. The van der Waals surface area contributed by atoms with Crippen molar-refractivity contribution in [2.75, 3.05) is 14.2 Å². The Kier molecular flexibility index (Phi) is 8.53. The lowest BCUT2D eigenvalue weighted by molar-refractivity contribution is 0.0903. The monoisotopic (exact) mass is 598 g/mol. The van der Waals surface area contributed by atoms with E-state index in [9.17, 15) is 23.2 Å². The summed E-state index contributed by atoms with van der Waals surface area (Å²) in [6.07, 6.45) is 2.35. The van der Waals surface area contributed by atoms with Gasteiger partial charge in [0.15, 0.2) is 0 Å². The average molecular weight is 599 g/mol. The van der Waals surface area contributed by atoms with Crippen LogP contribution in [0.5, 0.6) is 5.75 Å². The first kappa shape index (κ1) is 29.2. The zero-order chi connectivity index (χ0) is 30.0. The molecule has 10 nitrogen and oxygen atoms in total. The number of nitrogens with zero attached hydrogens (tertiary/aromatic N) is 4. The summed E-state index contributed by atoms with van der Waals surface area (Å²) >= 11 is 5.90. The fourth-order valence-corrected chi connectivity index (χ4v) is 5.54. The van der Waals surface area contributed by atoms with Gasteiger partial charge < -0.3 is 15.4 Å². The molecule has 1 aromatic carbocycles. The van der Waals surface area contributed by atoms with Crippen molar-refractivity contribution >= 4 is 34.4 Å². The zero-order valence-corrected chi connectivity index (χ0v) is 23.7. The van der Waals surface area contributed by atoms with E-state index in [1.807, 2.05) is 12.1 Å². The molecule has 0 atom stereocenters. The molecule has 0 unspecified atom stereocenters. The number of pyridine rings is 2. The molecule has 0 saturated heterocycles. The number of nitrogens with one attached hydrogen (secondary N) is 2. The SMILES string of the molecule is CNC(=O)c1ccc(-n2c(=O)n(CC3CCC(NC(=O)c4cc(Cl)cnc4C(F)F)CC3)c3cc(OC)ccc32)cn1. The molecule has 13 heteroatoms. The first-order chi connectivity index (χ1) is 20.2. The first-order valence-corrected chi connectivity index (χ1v) is 13.8. The van der Waals surface area contributed by atoms with Crippen LogP contribution in [-0.4, -0.2) is 51.1 Å². The Bertz CT molecular complexity index is 1680. The van der Waals surface area contributed by atoms with E-state index in [4.69, 9.17) is 16.3 Å². The number of amides is 2. The summed E-state index contributed by atoms with van der Waals surface area (Å²) in [7, 11) is 3.08. The minimum absolute atomic E-state index is 0.104. The Morgan fingerprint density at radius 3 is 2.45 bits per heavy atom. The molecule has 220 valence electrons. The van der Waals surface area contributed by atoms with E-state index < -0.39 is 18.0 Å². The lowest BCUT2D eigenvalue weighted by Crippen LogP contribution is -2.39. The second-order valence-corrected chi connectivity index (χ2v) is 10.6. The third-order valence-corrected chi connectivity index (χ3v) is 7.77. The van der Waals surface area contributed by atoms with Gasteiger partial charge in [-0.05, 0) is 61.9 Å². The molecular weight excluding hydrogens is 570 g/mol. The zero-order valence-electron chi connectivity index (χ0n) is 22.9. The third-order valence-electron chi connectivity index (χ3n) is 7.56. The topological polar surface area (TPSA) is 120 Å². The molecule has 0 aliphatic heterocycles. The van der Waals surface area contributed by atoms with Crippen molar-refractivity contribution in [2.45, 2.75) is 44.7 Å². The van der Waals surface area contributed by atoms with E-state index in [0.29, 0.717) is 54.7 Å². The second kappa shape index (κ2) is 12.3. The average Bonchev–Trinajstić information content (AvgIpc) is 3.27. The van der Waals surface area contributed by atoms with Crippen molar-refractivity contribution in [3.05, 3.63) is 81.3 Å². The van der Waals surface area contributed by atoms with E-state index in [1.54, 1.807) is 34.4 Å². The van der Waals surface area contributed by atoms with Gasteiger partial charge >= 0.3 is 5.69 Å². The number of alkyl halides is 2. The summed E-state index contributed by atoms with van der Waals surface area (Å²) in [5.41, 5.74) is 1.03. The summed E-state index contributed by atoms with van der Waals surface area (Å²) < 4.78 is 35.4. The molecule has 42 heavy (non-hydrogen) atoms. The van der Waals surface area contributed by atoms with Gasteiger partial charge in [-0.15, -0.1) is 0 Å². The van der Waals surface area contributed by atoms with Gasteiger partial charge in [0.2, 0.25) is 0 Å². The maximum atomic E-state index is 13.8. The van der Waals surface area contributed by atoms with E-state index in [-0.39, 0.29) is 39.8 Å². The molecular formula is C29H29ClF2N6O4. The van der Waals surface area contributed by atoms with Crippen LogP contribution in [0.1, 0.15) is 58.6 Å². The van der Waals surface area contributed by atoms with Crippen LogP contribution in [0.4, 0.5) is 8.78 Å². The van der Waals surface area contributed by atoms with Crippen LogP contribution in [0.3, 0.4) is 0 Å². The van der Waals surface area contributed by atoms with Crippen molar-refractivity contribution in [2.24, 2.45) is 5.92 Å². The number of carbonyl (C=O) groups excluding carboxylic acids is 2. The van der Waals surface area contributed by atoms with Crippen molar-refractivity contribution in [1.82, 2.24) is 29.7 Å². The molecule has 0 bridgehead atoms. The minimum Gasteiger partial charge on any atom is -0.497 e. The van der Waals surface area contributed by atoms with Gasteiger partial charge in [0.05, 0.1) is 40.6 Å². The highest BCUT2D eigenvalue weighted by Gasteiger charge is 2.27. The molecule has 3 aromatic heterocycles. The van der Waals surface area contributed by atoms with Gasteiger partial charge in [-0.2, -0.15) is 0 Å². The molecule has 2 amide bonds. The molecule has 5 rings (SSSR count). The number of rotatable bonds is 8. The molecule has 4 aromatic rings. The Labute approximate surface area is 244 Å². The van der Waals surface area contributed by atoms with Crippen LogP contribution < -0.4 is 21.1 Å². The highest BCUT2D eigenvalue weighted by molar-refractivity contribution is 6.30. The number of halogens is 3. The van der Waals surface area contributed by atoms with Gasteiger partial charge in [-0.25, -0.2) is 18.6 Å². The Hall–Kier alpha value is -4.32. The lowest BCUT2D eigenvalue weighted by Gasteiger charge is -2.29. The number of hydrogen-bond donors (Lipinski definition) is 2. The normalized spacial score (nSPS) is 16.9. The van der Waals surface area contributed by atoms with Crippen molar-refractivity contribution in [3.63, 3.8) is 0 Å². The summed E-state index contributed by atoms with van der Waals surface area (Å²) in [5, 5.41) is 5.47. The van der Waals surface area contributed by atoms with Gasteiger partial charge in [0, 0.05) is 31.9 Å². The Morgan fingerprint density at radius 2 is 1.81 bits per heavy atom. The van der Waals surface area contributed by atoms with Crippen molar-refractivity contribution in [1.29, 1.82) is 0 Å². The van der Waals surface area contributed by atoms with E-state index in [1.165, 1.54) is 19.3 Å². The van der Waals surface area contributed by atoms with Crippen LogP contribution in [0.2, 0.25) is 5.02 Å². The number of imidazole rings is 1. The summed E-state index contributed by atoms with van der Waals surface area (Å²) in [4.78, 5) is 46.3. The van der Waals surface area contributed by atoms with E-state index >= 15 is 0 Å². The largest absolute Gasteiger partial charge is 0.497 e. The smallest absolute Gasteiger partial charge is 0.333 e. The van der Waals surface area contributed by atoms with E-state index in [0.717, 1.165) is 6.20 Å². The Morgan fingerprint density at radius 1 is 1.05 bits per heavy atom. The van der Waals surface area contributed by atoms with Gasteiger partial charge in [-0.3, -0.25) is 23.7 Å². The minimum atomic E-state index is -2.90. The fourth-order valence-electron chi connectivity index (χ4n) is 5.39. The number of fused-ring (bicyclic) bond motifs is 1. The fraction of sp³-hybridized carbons (Fsp3) is 0.345. The summed E-state index contributed by atoms with van der Waals surface area (Å²) in [6, 6.07) is 9.63. The van der Waals surface area contributed by atoms with Crippen molar-refractivity contribution < 1.29 is 23.1 Å². The molecule has 0 radical (unpaired) electrons. The van der Waals surface area contributed by atoms with Crippen LogP contribution >= 0.6 is 11.6 Å². The predicted molar refractivity (Wildman–Crippen MR) is 153 cm³/mol. The van der Waals surface area contributed by atoms with Crippen molar-refractivity contribution in [3.8, 4) is 11.4 Å². The molecule has 1 aliphatic rings. The summed E-state index contributed by atoms with van der Waals surface area (Å²) in [5.74, 6) is -0.219. The highest BCUT2D eigenvalue weighted by atomic mass is 35.5. The van der Waals surface area contributed by atoms with E-state index in [2.05, 4.69) is 20.6 Å². The quantitative estimate of drug-likeness (QED) is 0.307. The first-order valence-electron chi connectivity index (χ1n) is 13.4. The molecule has 0 spiro atoms. The van der Waals surface area contributed by atoms with Crippen LogP contribution in [0.15, 0.2) is 53.6 Å².